The average molecular weight is 392 g/mol. The van der Waals surface area contributed by atoms with Gasteiger partial charge in [-0.3, -0.25) is 9.69 Å². The van der Waals surface area contributed by atoms with E-state index >= 15 is 0 Å². The maximum atomic E-state index is 13.8. The fourth-order valence-corrected chi connectivity index (χ4v) is 3.85. The number of pyridine rings is 1. The van der Waals surface area contributed by atoms with Crippen LogP contribution in [0.5, 0.6) is 0 Å². The van der Waals surface area contributed by atoms with Gasteiger partial charge in [0.1, 0.15) is 0 Å². The second kappa shape index (κ2) is 7.16. The highest BCUT2D eigenvalue weighted by atomic mass is 32.1. The zero-order valence-corrected chi connectivity index (χ0v) is 16.9. The number of carbonyl (C=O) groups is 1. The summed E-state index contributed by atoms with van der Waals surface area (Å²) < 4.78 is 5.38. The molecule has 142 valence electrons. The minimum Gasteiger partial charge on any atom is -0.336 e. The molecule has 0 saturated heterocycles. The van der Waals surface area contributed by atoms with Crippen molar-refractivity contribution in [3.05, 3.63) is 64.4 Å². The van der Waals surface area contributed by atoms with Crippen LogP contribution in [0.25, 0.3) is 11.1 Å². The molecule has 0 N–H and O–H groups in total. The third kappa shape index (κ3) is 3.18. The smallest absolute Gasteiger partial charge is 0.265 e. The van der Waals surface area contributed by atoms with Crippen molar-refractivity contribution >= 4 is 39.2 Å². The van der Waals surface area contributed by atoms with Crippen molar-refractivity contribution in [1.82, 2.24) is 15.1 Å². The summed E-state index contributed by atoms with van der Waals surface area (Å²) in [5.41, 5.74) is 3.96. The highest BCUT2D eigenvalue weighted by molar-refractivity contribution is 7.14. The van der Waals surface area contributed by atoms with Crippen LogP contribution in [-0.4, -0.2) is 21.0 Å². The van der Waals surface area contributed by atoms with Crippen LogP contribution in [-0.2, 0) is 0 Å². The molecule has 1 aromatic carbocycles. The van der Waals surface area contributed by atoms with E-state index in [9.17, 15) is 4.79 Å². The number of fused-ring (bicyclic) bond motifs is 1. The van der Waals surface area contributed by atoms with Crippen molar-refractivity contribution in [2.75, 3.05) is 4.90 Å². The fraction of sp³-hybridized carbons (Fsp3) is 0.238. The number of anilines is 2. The molecular formula is C21H20N4O2S. The number of aryl methyl sites for hydroxylation is 2. The Bertz CT molecular complexity index is 1150. The van der Waals surface area contributed by atoms with Gasteiger partial charge >= 0.3 is 0 Å². The van der Waals surface area contributed by atoms with Gasteiger partial charge in [-0.2, -0.15) is 0 Å². The van der Waals surface area contributed by atoms with E-state index in [-0.39, 0.29) is 11.8 Å². The van der Waals surface area contributed by atoms with Crippen molar-refractivity contribution in [3.8, 4) is 0 Å². The van der Waals surface area contributed by atoms with Crippen molar-refractivity contribution in [2.24, 2.45) is 0 Å². The summed E-state index contributed by atoms with van der Waals surface area (Å²) in [5.74, 6) is -0.0326. The minimum absolute atomic E-state index is 0.147. The predicted molar refractivity (Wildman–Crippen MR) is 110 cm³/mol. The lowest BCUT2D eigenvalue weighted by molar-refractivity contribution is 0.100. The summed E-state index contributed by atoms with van der Waals surface area (Å²) in [5, 5.41) is 7.23. The number of rotatable bonds is 4. The number of thiazole rings is 1. The van der Waals surface area contributed by atoms with Crippen molar-refractivity contribution in [2.45, 2.75) is 33.6 Å². The Morgan fingerprint density at radius 2 is 1.89 bits per heavy atom. The Morgan fingerprint density at radius 1 is 1.14 bits per heavy atom. The van der Waals surface area contributed by atoms with Crippen LogP contribution in [0.1, 0.15) is 47.2 Å². The molecule has 3 aromatic heterocycles. The van der Waals surface area contributed by atoms with E-state index < -0.39 is 0 Å². The average Bonchev–Trinajstić information content (AvgIpc) is 3.28. The second-order valence-electron chi connectivity index (χ2n) is 6.95. The highest BCUT2D eigenvalue weighted by Crippen LogP contribution is 2.33. The molecule has 0 aliphatic carbocycles. The van der Waals surface area contributed by atoms with Gasteiger partial charge < -0.3 is 4.52 Å². The molecule has 0 aliphatic rings. The molecule has 0 aliphatic heterocycles. The van der Waals surface area contributed by atoms with Gasteiger partial charge in [-0.15, -0.1) is 11.3 Å². The summed E-state index contributed by atoms with van der Waals surface area (Å²) >= 11 is 1.44. The molecule has 7 heteroatoms. The van der Waals surface area contributed by atoms with E-state index in [1.807, 2.05) is 69.5 Å². The van der Waals surface area contributed by atoms with Crippen LogP contribution in [0.15, 0.2) is 46.3 Å². The minimum atomic E-state index is -0.179. The first-order valence-electron chi connectivity index (χ1n) is 9.04. The van der Waals surface area contributed by atoms with Gasteiger partial charge in [0.05, 0.1) is 28.0 Å². The molecule has 4 rings (SSSR count). The second-order valence-corrected chi connectivity index (χ2v) is 7.78. The molecule has 0 spiro atoms. The van der Waals surface area contributed by atoms with E-state index in [1.54, 1.807) is 4.90 Å². The maximum Gasteiger partial charge on any atom is 0.265 e. The number of hydrogen-bond donors (Lipinski definition) is 0. The number of benzene rings is 1. The molecule has 0 atom stereocenters. The quantitative estimate of drug-likeness (QED) is 0.465. The Morgan fingerprint density at radius 3 is 2.54 bits per heavy atom. The van der Waals surface area contributed by atoms with Crippen molar-refractivity contribution in [3.63, 3.8) is 0 Å². The lowest BCUT2D eigenvalue weighted by Gasteiger charge is -2.21. The lowest BCUT2D eigenvalue weighted by atomic mass is 10.0. The van der Waals surface area contributed by atoms with Crippen LogP contribution < -0.4 is 4.90 Å². The lowest BCUT2D eigenvalue weighted by Crippen LogP contribution is -2.26. The van der Waals surface area contributed by atoms with Gasteiger partial charge in [-0.05, 0) is 38.0 Å². The van der Waals surface area contributed by atoms with Crippen molar-refractivity contribution < 1.29 is 9.32 Å². The Balaban J connectivity index is 1.93. The van der Waals surface area contributed by atoms with E-state index in [0.717, 1.165) is 17.1 Å². The van der Waals surface area contributed by atoms with Gasteiger partial charge in [0.15, 0.2) is 5.13 Å². The SMILES string of the molecule is Cc1csc(N(C(=O)c2cc(C(C)C)nc3onc(C)c23)c2ccccc2)n1. The zero-order valence-electron chi connectivity index (χ0n) is 16.1. The summed E-state index contributed by atoms with van der Waals surface area (Å²) in [6.07, 6.45) is 0. The summed E-state index contributed by atoms with van der Waals surface area (Å²) in [7, 11) is 0. The van der Waals surface area contributed by atoms with E-state index in [1.165, 1.54) is 11.3 Å². The molecule has 0 unspecified atom stereocenters. The van der Waals surface area contributed by atoms with Gasteiger partial charge in [0, 0.05) is 11.1 Å². The number of carbonyl (C=O) groups excluding carboxylic acids is 1. The number of amides is 1. The third-order valence-corrected chi connectivity index (χ3v) is 5.42. The van der Waals surface area contributed by atoms with Crippen molar-refractivity contribution in [1.29, 1.82) is 0 Å². The van der Waals surface area contributed by atoms with Crippen LogP contribution in [0.3, 0.4) is 0 Å². The first-order valence-corrected chi connectivity index (χ1v) is 9.92. The molecule has 1 amide bonds. The molecule has 0 bridgehead atoms. The van der Waals surface area contributed by atoms with E-state index in [4.69, 9.17) is 4.52 Å². The Kier molecular flexibility index (Phi) is 4.68. The standard InChI is InChI=1S/C21H20N4O2S/c1-12(2)17-10-16(18-14(4)24-27-19(18)23-17)20(26)25(15-8-6-5-7-9-15)21-22-13(3)11-28-21/h5-12H,1-4H3. The number of aromatic nitrogens is 3. The highest BCUT2D eigenvalue weighted by Gasteiger charge is 2.27. The van der Waals surface area contributed by atoms with Gasteiger partial charge in [0.25, 0.3) is 11.6 Å². The number of nitrogens with zero attached hydrogens (tertiary/aromatic N) is 4. The van der Waals surface area contributed by atoms with Crippen LogP contribution >= 0.6 is 11.3 Å². The largest absolute Gasteiger partial charge is 0.336 e. The number of hydrogen-bond acceptors (Lipinski definition) is 6. The first-order chi connectivity index (χ1) is 13.5. The fourth-order valence-electron chi connectivity index (χ4n) is 3.03. The molecule has 4 aromatic rings. The van der Waals surface area contributed by atoms with Gasteiger partial charge in [-0.25, -0.2) is 9.97 Å². The van der Waals surface area contributed by atoms with Gasteiger partial charge in [-0.1, -0.05) is 37.2 Å². The monoisotopic (exact) mass is 392 g/mol. The summed E-state index contributed by atoms with van der Waals surface area (Å²) in [4.78, 5) is 24.5. The maximum absolute atomic E-state index is 13.8. The molecule has 0 fully saturated rings. The first kappa shape index (κ1) is 18.3. The van der Waals surface area contributed by atoms with Crippen LogP contribution in [0.2, 0.25) is 0 Å². The molecule has 0 saturated carbocycles. The topological polar surface area (TPSA) is 72.1 Å². The molecule has 6 nitrogen and oxygen atoms in total. The molecular weight excluding hydrogens is 372 g/mol. The normalized spacial score (nSPS) is 11.3. The molecule has 0 radical (unpaired) electrons. The van der Waals surface area contributed by atoms with E-state index in [0.29, 0.717) is 27.5 Å². The number of para-hydroxylation sites is 1. The third-order valence-electron chi connectivity index (χ3n) is 4.47. The van der Waals surface area contributed by atoms with Gasteiger partial charge in [0.2, 0.25) is 0 Å². The Labute approximate surface area is 166 Å². The zero-order chi connectivity index (χ0) is 19.8. The predicted octanol–water partition coefficient (Wildman–Crippen LogP) is 5.40. The Hall–Kier alpha value is -3.06. The van der Waals surface area contributed by atoms with Crippen LogP contribution in [0, 0.1) is 13.8 Å². The molecule has 28 heavy (non-hydrogen) atoms. The summed E-state index contributed by atoms with van der Waals surface area (Å²) in [6, 6.07) is 11.4. The molecule has 3 heterocycles. The summed E-state index contributed by atoms with van der Waals surface area (Å²) in [6.45, 7) is 7.80. The van der Waals surface area contributed by atoms with E-state index in [2.05, 4.69) is 15.1 Å². The van der Waals surface area contributed by atoms with Crippen LogP contribution in [0.4, 0.5) is 10.8 Å².